The van der Waals surface area contributed by atoms with Crippen LogP contribution in [-0.2, 0) is 6.42 Å². The number of unbranched alkanes of at least 4 members (excludes halogenated alkanes) is 1. The number of hydrogen-bond donors (Lipinski definition) is 1. The molecule has 0 aromatic carbocycles. The first-order valence-corrected chi connectivity index (χ1v) is 5.47. The highest BCUT2D eigenvalue weighted by Crippen LogP contribution is 2.06. The number of aryl methyl sites for hydroxylation is 1. The molecule has 1 rings (SSSR count). The second kappa shape index (κ2) is 6.55. The van der Waals surface area contributed by atoms with E-state index in [4.69, 9.17) is 5.73 Å². The molecule has 0 fully saturated rings. The van der Waals surface area contributed by atoms with Crippen molar-refractivity contribution in [1.29, 1.82) is 0 Å². The number of rotatable bonds is 6. The molecule has 2 nitrogen and oxygen atoms in total. The maximum absolute atomic E-state index is 5.99. The molecule has 0 radical (unpaired) electrons. The Labute approximate surface area is 86.5 Å². The van der Waals surface area contributed by atoms with Gasteiger partial charge >= 0.3 is 0 Å². The number of nitrogens with two attached hydrogens (primary N) is 1. The lowest BCUT2D eigenvalue weighted by Gasteiger charge is -2.10. The summed E-state index contributed by atoms with van der Waals surface area (Å²) in [6, 6.07) is 4.45. The van der Waals surface area contributed by atoms with Gasteiger partial charge in [-0.1, -0.05) is 25.8 Å². The van der Waals surface area contributed by atoms with Crippen LogP contribution in [0.1, 0.15) is 38.2 Å². The highest BCUT2D eigenvalue weighted by atomic mass is 14.6. The van der Waals surface area contributed by atoms with Gasteiger partial charge in [0.1, 0.15) is 0 Å². The molecule has 0 saturated heterocycles. The third-order valence-electron chi connectivity index (χ3n) is 2.46. The maximum atomic E-state index is 5.99. The molecule has 0 aliphatic rings. The summed E-state index contributed by atoms with van der Waals surface area (Å²) in [5.41, 5.74) is 7.28. The van der Waals surface area contributed by atoms with E-state index >= 15 is 0 Å². The van der Waals surface area contributed by atoms with Crippen molar-refractivity contribution in [3.05, 3.63) is 30.1 Å². The zero-order chi connectivity index (χ0) is 10.2. The fraction of sp³-hybridized carbons (Fsp3) is 0.583. The molecule has 0 amide bonds. The van der Waals surface area contributed by atoms with Gasteiger partial charge in [0.05, 0.1) is 0 Å². The van der Waals surface area contributed by atoms with Gasteiger partial charge in [0.2, 0.25) is 0 Å². The lowest BCUT2D eigenvalue weighted by atomic mass is 10.0. The van der Waals surface area contributed by atoms with E-state index in [1.165, 1.54) is 18.4 Å². The third-order valence-corrected chi connectivity index (χ3v) is 2.46. The van der Waals surface area contributed by atoms with Crippen LogP contribution >= 0.6 is 0 Å². The Morgan fingerprint density at radius 1 is 1.43 bits per heavy atom. The lowest BCUT2D eigenvalue weighted by molar-refractivity contribution is 0.541. The molecule has 78 valence electrons. The minimum absolute atomic E-state index is 0.357. The van der Waals surface area contributed by atoms with Gasteiger partial charge in [0.15, 0.2) is 0 Å². The minimum atomic E-state index is 0.357. The summed E-state index contributed by atoms with van der Waals surface area (Å²) in [5, 5.41) is 0. The van der Waals surface area contributed by atoms with Gasteiger partial charge in [-0.25, -0.2) is 0 Å². The van der Waals surface area contributed by atoms with E-state index in [2.05, 4.69) is 18.0 Å². The van der Waals surface area contributed by atoms with E-state index in [9.17, 15) is 0 Å². The van der Waals surface area contributed by atoms with Crippen molar-refractivity contribution in [1.82, 2.24) is 4.98 Å². The van der Waals surface area contributed by atoms with Crippen LogP contribution in [0.3, 0.4) is 0 Å². The third kappa shape index (κ3) is 4.38. The summed E-state index contributed by atoms with van der Waals surface area (Å²) in [6.07, 6.45) is 9.49. The number of hydrogen-bond acceptors (Lipinski definition) is 2. The van der Waals surface area contributed by atoms with Gasteiger partial charge in [0, 0.05) is 18.4 Å². The molecule has 1 unspecified atom stereocenters. The second-order valence-corrected chi connectivity index (χ2v) is 3.80. The highest BCUT2D eigenvalue weighted by Gasteiger charge is 2.02. The zero-order valence-corrected chi connectivity index (χ0v) is 8.95. The Kier molecular flexibility index (Phi) is 5.23. The normalized spacial score (nSPS) is 12.7. The van der Waals surface area contributed by atoms with Gasteiger partial charge in [-0.2, -0.15) is 0 Å². The summed E-state index contributed by atoms with van der Waals surface area (Å²) in [5.74, 6) is 0. The molecule has 2 N–H and O–H groups in total. The Morgan fingerprint density at radius 3 is 2.93 bits per heavy atom. The molecule has 0 spiro atoms. The predicted molar refractivity (Wildman–Crippen MR) is 60.1 cm³/mol. The van der Waals surface area contributed by atoms with E-state index in [1.807, 2.05) is 12.3 Å². The SMILES string of the molecule is CCCCC(N)CCc1cccnc1. The van der Waals surface area contributed by atoms with Crippen molar-refractivity contribution < 1.29 is 0 Å². The van der Waals surface area contributed by atoms with Crippen LogP contribution in [0.5, 0.6) is 0 Å². The van der Waals surface area contributed by atoms with Crippen LogP contribution in [0.15, 0.2) is 24.5 Å². The molecule has 1 heterocycles. The van der Waals surface area contributed by atoms with E-state index in [-0.39, 0.29) is 0 Å². The van der Waals surface area contributed by atoms with Crippen LogP contribution in [0.25, 0.3) is 0 Å². The van der Waals surface area contributed by atoms with Crippen LogP contribution in [0.2, 0.25) is 0 Å². The molecular formula is C12H20N2. The maximum Gasteiger partial charge on any atom is 0.0299 e. The van der Waals surface area contributed by atoms with E-state index in [1.54, 1.807) is 6.20 Å². The van der Waals surface area contributed by atoms with Gasteiger partial charge in [-0.15, -0.1) is 0 Å². The Hall–Kier alpha value is -0.890. The Bertz CT molecular complexity index is 233. The van der Waals surface area contributed by atoms with E-state index < -0.39 is 0 Å². The van der Waals surface area contributed by atoms with Crippen molar-refractivity contribution in [3.8, 4) is 0 Å². The minimum Gasteiger partial charge on any atom is -0.328 e. The average Bonchev–Trinajstić information content (AvgIpc) is 2.25. The van der Waals surface area contributed by atoms with Crippen LogP contribution in [-0.4, -0.2) is 11.0 Å². The molecule has 1 aromatic rings. The molecule has 0 aliphatic heterocycles. The molecule has 2 heteroatoms. The van der Waals surface area contributed by atoms with Gasteiger partial charge in [0.25, 0.3) is 0 Å². The summed E-state index contributed by atoms with van der Waals surface area (Å²) in [4.78, 5) is 4.08. The number of aromatic nitrogens is 1. The van der Waals surface area contributed by atoms with Gasteiger partial charge in [-0.3, -0.25) is 4.98 Å². The van der Waals surface area contributed by atoms with Crippen LogP contribution in [0, 0.1) is 0 Å². The molecule has 0 aliphatic carbocycles. The first kappa shape index (κ1) is 11.2. The Balaban J connectivity index is 2.20. The second-order valence-electron chi connectivity index (χ2n) is 3.80. The van der Waals surface area contributed by atoms with Crippen molar-refractivity contribution in [2.45, 2.75) is 45.1 Å². The zero-order valence-electron chi connectivity index (χ0n) is 8.95. The first-order valence-electron chi connectivity index (χ1n) is 5.47. The topological polar surface area (TPSA) is 38.9 Å². The van der Waals surface area contributed by atoms with Crippen molar-refractivity contribution in [3.63, 3.8) is 0 Å². The first-order chi connectivity index (χ1) is 6.83. The van der Waals surface area contributed by atoms with E-state index in [0.29, 0.717) is 6.04 Å². The quantitative estimate of drug-likeness (QED) is 0.752. The highest BCUT2D eigenvalue weighted by molar-refractivity contribution is 5.08. The predicted octanol–water partition coefficient (Wildman–Crippen LogP) is 2.53. The summed E-state index contributed by atoms with van der Waals surface area (Å²) < 4.78 is 0. The molecule has 0 bridgehead atoms. The summed E-state index contributed by atoms with van der Waals surface area (Å²) >= 11 is 0. The Morgan fingerprint density at radius 2 is 2.29 bits per heavy atom. The lowest BCUT2D eigenvalue weighted by Crippen LogP contribution is -2.20. The monoisotopic (exact) mass is 192 g/mol. The largest absolute Gasteiger partial charge is 0.328 e. The van der Waals surface area contributed by atoms with Crippen molar-refractivity contribution in [2.75, 3.05) is 0 Å². The molecular weight excluding hydrogens is 172 g/mol. The fourth-order valence-electron chi connectivity index (χ4n) is 1.51. The number of pyridine rings is 1. The molecule has 1 aromatic heterocycles. The smallest absolute Gasteiger partial charge is 0.0299 e. The molecule has 14 heavy (non-hydrogen) atoms. The standard InChI is InChI=1S/C12H20N2/c1-2-3-6-12(13)8-7-11-5-4-9-14-10-11/h4-5,9-10,12H,2-3,6-8,13H2,1H3. The molecule has 1 atom stereocenters. The average molecular weight is 192 g/mol. The number of nitrogens with zero attached hydrogens (tertiary/aromatic N) is 1. The van der Waals surface area contributed by atoms with Crippen LogP contribution in [0.4, 0.5) is 0 Å². The van der Waals surface area contributed by atoms with Crippen LogP contribution < -0.4 is 5.73 Å². The molecule has 0 saturated carbocycles. The van der Waals surface area contributed by atoms with Crippen molar-refractivity contribution >= 4 is 0 Å². The fourth-order valence-corrected chi connectivity index (χ4v) is 1.51. The summed E-state index contributed by atoms with van der Waals surface area (Å²) in [7, 11) is 0. The van der Waals surface area contributed by atoms with Crippen molar-refractivity contribution in [2.24, 2.45) is 5.73 Å². The van der Waals surface area contributed by atoms with Gasteiger partial charge in [-0.05, 0) is 30.9 Å². The summed E-state index contributed by atoms with van der Waals surface area (Å²) in [6.45, 7) is 2.20. The van der Waals surface area contributed by atoms with Gasteiger partial charge < -0.3 is 5.73 Å². The van der Waals surface area contributed by atoms with E-state index in [0.717, 1.165) is 19.3 Å².